The molecular formula is C10H15N3O2. The Hall–Kier alpha value is -1.10. The SMILES string of the molecule is NNC(=O)C(=O)NC1C2C3CCC(C3)C12. The van der Waals surface area contributed by atoms with Gasteiger partial charge in [0.05, 0.1) is 0 Å². The van der Waals surface area contributed by atoms with Crippen LogP contribution in [0.4, 0.5) is 0 Å². The van der Waals surface area contributed by atoms with Crippen molar-refractivity contribution in [2.75, 3.05) is 0 Å². The molecule has 15 heavy (non-hydrogen) atoms. The minimum Gasteiger partial charge on any atom is -0.344 e. The Morgan fingerprint density at radius 3 is 2.20 bits per heavy atom. The van der Waals surface area contributed by atoms with E-state index in [4.69, 9.17) is 5.84 Å². The molecule has 3 aliphatic rings. The van der Waals surface area contributed by atoms with Crippen LogP contribution in [0.2, 0.25) is 0 Å². The lowest BCUT2D eigenvalue weighted by Crippen LogP contribution is -2.44. The van der Waals surface area contributed by atoms with Gasteiger partial charge in [-0.15, -0.1) is 0 Å². The Morgan fingerprint density at radius 2 is 1.67 bits per heavy atom. The third-order valence-corrected chi connectivity index (χ3v) is 4.37. The largest absolute Gasteiger partial charge is 0.344 e. The minimum absolute atomic E-state index is 0.251. The summed E-state index contributed by atoms with van der Waals surface area (Å²) < 4.78 is 0. The van der Waals surface area contributed by atoms with E-state index in [0.29, 0.717) is 11.8 Å². The van der Waals surface area contributed by atoms with Gasteiger partial charge in [0.2, 0.25) is 0 Å². The number of fused-ring (bicyclic) bond motifs is 5. The topological polar surface area (TPSA) is 84.2 Å². The molecule has 0 radical (unpaired) electrons. The zero-order valence-electron chi connectivity index (χ0n) is 8.40. The molecule has 0 heterocycles. The van der Waals surface area contributed by atoms with Crippen LogP contribution in [0.1, 0.15) is 19.3 Å². The van der Waals surface area contributed by atoms with Gasteiger partial charge in [0.25, 0.3) is 0 Å². The molecule has 0 spiro atoms. The van der Waals surface area contributed by atoms with Crippen molar-refractivity contribution in [2.24, 2.45) is 29.5 Å². The maximum Gasteiger partial charge on any atom is 0.323 e. The molecule has 0 aliphatic heterocycles. The number of hydrogen-bond donors (Lipinski definition) is 3. The van der Waals surface area contributed by atoms with Crippen molar-refractivity contribution in [1.29, 1.82) is 0 Å². The number of carbonyl (C=O) groups excluding carboxylic acids is 2. The van der Waals surface area contributed by atoms with Gasteiger partial charge >= 0.3 is 11.8 Å². The molecule has 5 heteroatoms. The molecule has 5 nitrogen and oxygen atoms in total. The first-order valence-corrected chi connectivity index (χ1v) is 5.54. The molecule has 0 saturated heterocycles. The van der Waals surface area contributed by atoms with Crippen LogP contribution in [0.3, 0.4) is 0 Å². The standard InChI is InChI=1S/C10H15N3O2/c11-13-10(15)9(14)12-8-6-4-1-2-5(3-4)7(6)8/h4-8H,1-3,11H2,(H,12,14)(H,13,15). The van der Waals surface area contributed by atoms with E-state index < -0.39 is 11.8 Å². The Kier molecular flexibility index (Phi) is 1.80. The highest BCUT2D eigenvalue weighted by Gasteiger charge is 2.65. The van der Waals surface area contributed by atoms with Crippen molar-refractivity contribution >= 4 is 11.8 Å². The highest BCUT2D eigenvalue weighted by atomic mass is 16.2. The lowest BCUT2D eigenvalue weighted by molar-refractivity contribution is -0.139. The van der Waals surface area contributed by atoms with Crippen molar-refractivity contribution < 1.29 is 9.59 Å². The first-order chi connectivity index (χ1) is 7.22. The summed E-state index contributed by atoms with van der Waals surface area (Å²) in [6.45, 7) is 0. The normalized spacial score (nSPS) is 44.7. The Bertz CT molecular complexity index is 315. The smallest absolute Gasteiger partial charge is 0.323 e. The maximum absolute atomic E-state index is 11.3. The summed E-state index contributed by atoms with van der Waals surface area (Å²) in [6, 6.07) is 0.251. The number of rotatable bonds is 1. The summed E-state index contributed by atoms with van der Waals surface area (Å²) in [5.74, 6) is 6.46. The first kappa shape index (κ1) is 9.15. The second kappa shape index (κ2) is 2.95. The van der Waals surface area contributed by atoms with Gasteiger partial charge in [-0.05, 0) is 42.9 Å². The van der Waals surface area contributed by atoms with E-state index in [-0.39, 0.29) is 6.04 Å². The Labute approximate surface area is 87.7 Å². The summed E-state index contributed by atoms with van der Waals surface area (Å²) in [7, 11) is 0. The lowest BCUT2D eigenvalue weighted by Gasteiger charge is -2.09. The third kappa shape index (κ3) is 1.19. The van der Waals surface area contributed by atoms with E-state index in [2.05, 4.69) is 5.32 Å². The molecule has 82 valence electrons. The molecule has 4 atom stereocenters. The van der Waals surface area contributed by atoms with Gasteiger partial charge in [-0.2, -0.15) is 0 Å². The Balaban J connectivity index is 1.60. The molecule has 0 aromatic rings. The van der Waals surface area contributed by atoms with E-state index in [1.54, 1.807) is 0 Å². The fraction of sp³-hybridized carbons (Fsp3) is 0.800. The van der Waals surface area contributed by atoms with Gasteiger partial charge in [0, 0.05) is 6.04 Å². The van der Waals surface area contributed by atoms with Crippen LogP contribution in [0.25, 0.3) is 0 Å². The van der Waals surface area contributed by atoms with Crippen LogP contribution < -0.4 is 16.6 Å². The predicted octanol–water partition coefficient (Wildman–Crippen LogP) is -0.863. The second-order valence-electron chi connectivity index (χ2n) is 4.96. The van der Waals surface area contributed by atoms with Crippen molar-refractivity contribution in [3.8, 4) is 0 Å². The van der Waals surface area contributed by atoms with Gasteiger partial charge in [-0.25, -0.2) is 5.84 Å². The summed E-state index contributed by atoms with van der Waals surface area (Å²) in [5.41, 5.74) is 1.85. The fourth-order valence-electron chi connectivity index (χ4n) is 3.80. The third-order valence-electron chi connectivity index (χ3n) is 4.37. The van der Waals surface area contributed by atoms with Crippen LogP contribution in [0, 0.1) is 23.7 Å². The summed E-state index contributed by atoms with van der Waals surface area (Å²) in [6.07, 6.45) is 3.95. The van der Waals surface area contributed by atoms with E-state index in [9.17, 15) is 9.59 Å². The van der Waals surface area contributed by atoms with Crippen LogP contribution >= 0.6 is 0 Å². The average Bonchev–Trinajstić information content (AvgIpc) is 2.66. The second-order valence-corrected chi connectivity index (χ2v) is 4.96. The summed E-state index contributed by atoms with van der Waals surface area (Å²) >= 11 is 0. The zero-order valence-corrected chi connectivity index (χ0v) is 8.40. The van der Waals surface area contributed by atoms with Crippen molar-refractivity contribution in [1.82, 2.24) is 10.7 Å². The molecule has 3 saturated carbocycles. The maximum atomic E-state index is 11.3. The highest BCUT2D eigenvalue weighted by Crippen LogP contribution is 2.65. The lowest BCUT2D eigenvalue weighted by atomic mass is 10.0. The molecule has 2 bridgehead atoms. The molecule has 3 aliphatic carbocycles. The van der Waals surface area contributed by atoms with Gasteiger partial charge in [-0.3, -0.25) is 15.0 Å². The number of nitrogens with two attached hydrogens (primary N) is 1. The Morgan fingerprint density at radius 1 is 1.07 bits per heavy atom. The number of amides is 2. The van der Waals surface area contributed by atoms with E-state index in [0.717, 1.165) is 11.8 Å². The molecule has 4 N–H and O–H groups in total. The van der Waals surface area contributed by atoms with Crippen molar-refractivity contribution in [3.63, 3.8) is 0 Å². The van der Waals surface area contributed by atoms with Crippen LogP contribution in [-0.2, 0) is 9.59 Å². The van der Waals surface area contributed by atoms with Crippen LogP contribution in [-0.4, -0.2) is 17.9 Å². The van der Waals surface area contributed by atoms with E-state index >= 15 is 0 Å². The van der Waals surface area contributed by atoms with Gasteiger partial charge in [0.1, 0.15) is 0 Å². The number of hydrazine groups is 1. The monoisotopic (exact) mass is 209 g/mol. The average molecular weight is 209 g/mol. The molecule has 4 unspecified atom stereocenters. The van der Waals surface area contributed by atoms with Crippen LogP contribution in [0.15, 0.2) is 0 Å². The van der Waals surface area contributed by atoms with E-state index in [1.807, 2.05) is 5.43 Å². The molecule has 0 aromatic carbocycles. The van der Waals surface area contributed by atoms with E-state index in [1.165, 1.54) is 19.3 Å². The zero-order chi connectivity index (χ0) is 10.6. The van der Waals surface area contributed by atoms with Crippen molar-refractivity contribution in [3.05, 3.63) is 0 Å². The number of carbonyl (C=O) groups is 2. The molecule has 3 fully saturated rings. The van der Waals surface area contributed by atoms with Gasteiger partial charge in [-0.1, -0.05) is 0 Å². The quantitative estimate of drug-likeness (QED) is 0.227. The predicted molar refractivity (Wildman–Crippen MR) is 52.1 cm³/mol. The highest BCUT2D eigenvalue weighted by molar-refractivity contribution is 6.35. The fourth-order valence-corrected chi connectivity index (χ4v) is 3.80. The summed E-state index contributed by atoms with van der Waals surface area (Å²) in [4.78, 5) is 22.2. The number of hydrogen-bond acceptors (Lipinski definition) is 3. The van der Waals surface area contributed by atoms with Gasteiger partial charge in [0.15, 0.2) is 0 Å². The summed E-state index contributed by atoms with van der Waals surface area (Å²) in [5, 5.41) is 2.78. The number of nitrogens with one attached hydrogen (secondary N) is 2. The van der Waals surface area contributed by atoms with Gasteiger partial charge < -0.3 is 5.32 Å². The minimum atomic E-state index is -0.743. The van der Waals surface area contributed by atoms with Crippen LogP contribution in [0.5, 0.6) is 0 Å². The first-order valence-electron chi connectivity index (χ1n) is 5.54. The molecule has 0 aromatic heterocycles. The molecular weight excluding hydrogens is 194 g/mol. The molecule has 3 rings (SSSR count). The van der Waals surface area contributed by atoms with Crippen molar-refractivity contribution in [2.45, 2.75) is 25.3 Å². The molecule has 2 amide bonds.